The molecule has 3 N–H and O–H groups in total. The predicted octanol–water partition coefficient (Wildman–Crippen LogP) is 2.75. The second-order valence-electron chi connectivity index (χ2n) is 7.45. The summed E-state index contributed by atoms with van der Waals surface area (Å²) in [5.74, 6) is 3.55. The molecule has 1 amide bonds. The van der Waals surface area contributed by atoms with Gasteiger partial charge in [0.25, 0.3) is 0 Å². The van der Waals surface area contributed by atoms with Crippen molar-refractivity contribution in [1.82, 2.24) is 5.32 Å². The number of hydrogen-bond donors (Lipinski definition) is 2. The average molecular weight is 284 g/mol. The van der Waals surface area contributed by atoms with Crippen LogP contribution in [0.15, 0.2) is 24.3 Å². The first-order valence-electron chi connectivity index (χ1n) is 8.31. The quantitative estimate of drug-likeness (QED) is 0.839. The van der Waals surface area contributed by atoms with Crippen molar-refractivity contribution in [3.05, 3.63) is 29.8 Å². The van der Waals surface area contributed by atoms with Gasteiger partial charge in [-0.15, -0.1) is 0 Å². The first kappa shape index (κ1) is 13.2. The highest BCUT2D eigenvalue weighted by molar-refractivity contribution is 5.79. The number of amides is 1. The molecule has 1 aromatic rings. The van der Waals surface area contributed by atoms with Crippen LogP contribution in [-0.2, 0) is 11.2 Å². The number of benzene rings is 1. The van der Waals surface area contributed by atoms with Crippen LogP contribution in [-0.4, -0.2) is 11.9 Å². The number of carbonyl (C=O) groups excluding carboxylic acids is 1. The van der Waals surface area contributed by atoms with Gasteiger partial charge in [-0.1, -0.05) is 12.1 Å². The second kappa shape index (κ2) is 5.04. The Kier molecular flexibility index (Phi) is 3.16. The lowest BCUT2D eigenvalue weighted by Gasteiger charge is -2.54. The maximum Gasteiger partial charge on any atom is 0.224 e. The average Bonchev–Trinajstić information content (AvgIpc) is 2.42. The summed E-state index contributed by atoms with van der Waals surface area (Å²) < 4.78 is 0. The highest BCUT2D eigenvalue weighted by Gasteiger charge is 2.48. The van der Waals surface area contributed by atoms with Crippen LogP contribution < -0.4 is 11.1 Å². The van der Waals surface area contributed by atoms with E-state index in [4.69, 9.17) is 5.73 Å². The summed E-state index contributed by atoms with van der Waals surface area (Å²) in [6, 6.07) is 8.09. The van der Waals surface area contributed by atoms with E-state index in [-0.39, 0.29) is 5.91 Å². The monoisotopic (exact) mass is 284 g/mol. The molecule has 0 spiro atoms. The van der Waals surface area contributed by atoms with Gasteiger partial charge in [-0.05, 0) is 73.5 Å². The predicted molar refractivity (Wildman–Crippen MR) is 83.5 cm³/mol. The van der Waals surface area contributed by atoms with E-state index < -0.39 is 0 Å². The molecule has 21 heavy (non-hydrogen) atoms. The molecule has 112 valence electrons. The Morgan fingerprint density at radius 3 is 2.38 bits per heavy atom. The van der Waals surface area contributed by atoms with Gasteiger partial charge in [0.05, 0.1) is 6.42 Å². The van der Waals surface area contributed by atoms with Crippen LogP contribution in [0.4, 0.5) is 5.69 Å². The summed E-state index contributed by atoms with van der Waals surface area (Å²) >= 11 is 0. The third kappa shape index (κ3) is 2.54. The molecule has 4 fully saturated rings. The van der Waals surface area contributed by atoms with Crippen molar-refractivity contribution in [1.29, 1.82) is 0 Å². The molecule has 5 rings (SSSR count). The van der Waals surface area contributed by atoms with Crippen LogP contribution in [0.5, 0.6) is 0 Å². The molecule has 4 saturated carbocycles. The molecule has 0 atom stereocenters. The van der Waals surface area contributed by atoms with Gasteiger partial charge < -0.3 is 11.1 Å². The number of nitrogen functional groups attached to an aromatic ring is 1. The largest absolute Gasteiger partial charge is 0.399 e. The molecule has 4 aliphatic carbocycles. The fourth-order valence-corrected chi connectivity index (χ4v) is 5.29. The summed E-state index contributed by atoms with van der Waals surface area (Å²) in [6.45, 7) is 0. The summed E-state index contributed by atoms with van der Waals surface area (Å²) in [5, 5.41) is 3.35. The zero-order valence-electron chi connectivity index (χ0n) is 12.4. The fourth-order valence-electron chi connectivity index (χ4n) is 5.29. The van der Waals surface area contributed by atoms with E-state index in [0.717, 1.165) is 34.9 Å². The van der Waals surface area contributed by atoms with Crippen LogP contribution in [0.1, 0.15) is 37.7 Å². The van der Waals surface area contributed by atoms with Gasteiger partial charge in [-0.2, -0.15) is 0 Å². The van der Waals surface area contributed by atoms with Crippen LogP contribution >= 0.6 is 0 Å². The number of rotatable bonds is 3. The molecule has 0 aromatic heterocycles. The summed E-state index contributed by atoms with van der Waals surface area (Å²) in [5.41, 5.74) is 7.52. The van der Waals surface area contributed by atoms with Gasteiger partial charge >= 0.3 is 0 Å². The Morgan fingerprint density at radius 2 is 1.76 bits per heavy atom. The first-order valence-corrected chi connectivity index (χ1v) is 8.31. The molecular formula is C18H24N2O. The van der Waals surface area contributed by atoms with E-state index >= 15 is 0 Å². The lowest BCUT2D eigenvalue weighted by molar-refractivity contribution is -0.124. The third-order valence-corrected chi connectivity index (χ3v) is 5.87. The number of nitrogens with one attached hydrogen (secondary N) is 1. The van der Waals surface area contributed by atoms with Gasteiger partial charge in [-0.25, -0.2) is 0 Å². The van der Waals surface area contributed by atoms with Crippen LogP contribution in [0.2, 0.25) is 0 Å². The Hall–Kier alpha value is -1.51. The molecule has 4 aliphatic rings. The van der Waals surface area contributed by atoms with Crippen LogP contribution in [0, 0.1) is 23.7 Å². The molecule has 3 heteroatoms. The molecule has 3 nitrogen and oxygen atoms in total. The van der Waals surface area contributed by atoms with E-state index in [1.165, 1.54) is 32.1 Å². The molecule has 1 aromatic carbocycles. The Morgan fingerprint density at radius 1 is 1.10 bits per heavy atom. The smallest absolute Gasteiger partial charge is 0.224 e. The number of anilines is 1. The van der Waals surface area contributed by atoms with E-state index in [1.807, 2.05) is 24.3 Å². The standard InChI is InChI=1S/C18H24N2O/c19-16-3-1-2-11(9-16)10-17(21)20-18-14-5-12-4-13(7-14)8-15(18)6-12/h1-3,9,12-15,18H,4-8,10,19H2,(H,20,21). The molecular weight excluding hydrogens is 260 g/mol. The SMILES string of the molecule is Nc1cccc(CC(=O)NC2C3CC4CC(C3)CC2C4)c1. The highest BCUT2D eigenvalue weighted by atomic mass is 16.1. The van der Waals surface area contributed by atoms with Crippen molar-refractivity contribution >= 4 is 11.6 Å². The maximum atomic E-state index is 12.4. The Bertz CT molecular complexity index is 526. The zero-order chi connectivity index (χ0) is 14.4. The van der Waals surface area contributed by atoms with E-state index in [0.29, 0.717) is 12.5 Å². The minimum Gasteiger partial charge on any atom is -0.399 e. The minimum atomic E-state index is 0.165. The molecule has 0 aliphatic heterocycles. The number of carbonyl (C=O) groups is 1. The highest BCUT2D eigenvalue weighted by Crippen LogP contribution is 2.53. The first-order chi connectivity index (χ1) is 10.2. The fraction of sp³-hybridized carbons (Fsp3) is 0.611. The molecule has 4 bridgehead atoms. The van der Waals surface area contributed by atoms with Crippen LogP contribution in [0.25, 0.3) is 0 Å². The lowest BCUT2D eigenvalue weighted by atomic mass is 9.54. The van der Waals surface area contributed by atoms with Gasteiger partial charge in [0, 0.05) is 11.7 Å². The van der Waals surface area contributed by atoms with Gasteiger partial charge in [0.1, 0.15) is 0 Å². The Balaban J connectivity index is 1.41. The molecule has 0 heterocycles. The third-order valence-electron chi connectivity index (χ3n) is 5.87. The molecule has 0 radical (unpaired) electrons. The van der Waals surface area contributed by atoms with Crippen molar-refractivity contribution in [3.8, 4) is 0 Å². The van der Waals surface area contributed by atoms with Crippen LogP contribution in [0.3, 0.4) is 0 Å². The summed E-state index contributed by atoms with van der Waals surface area (Å²) in [7, 11) is 0. The number of hydrogen-bond acceptors (Lipinski definition) is 2. The summed E-state index contributed by atoms with van der Waals surface area (Å²) in [6.07, 6.45) is 7.28. The van der Waals surface area contributed by atoms with Crippen molar-refractivity contribution in [2.75, 3.05) is 5.73 Å². The van der Waals surface area contributed by atoms with Gasteiger partial charge in [0.2, 0.25) is 5.91 Å². The number of nitrogens with two attached hydrogens (primary N) is 1. The summed E-state index contributed by atoms with van der Waals surface area (Å²) in [4.78, 5) is 12.4. The van der Waals surface area contributed by atoms with Crippen molar-refractivity contribution in [2.45, 2.75) is 44.6 Å². The van der Waals surface area contributed by atoms with Crippen molar-refractivity contribution < 1.29 is 4.79 Å². The Labute approximate surface area is 126 Å². The van der Waals surface area contributed by atoms with Crippen molar-refractivity contribution in [3.63, 3.8) is 0 Å². The molecule has 0 saturated heterocycles. The maximum absolute atomic E-state index is 12.4. The molecule has 0 unspecified atom stereocenters. The van der Waals surface area contributed by atoms with E-state index in [2.05, 4.69) is 5.32 Å². The topological polar surface area (TPSA) is 55.1 Å². The van der Waals surface area contributed by atoms with E-state index in [1.54, 1.807) is 0 Å². The van der Waals surface area contributed by atoms with Crippen molar-refractivity contribution in [2.24, 2.45) is 23.7 Å². The van der Waals surface area contributed by atoms with Gasteiger partial charge in [-0.3, -0.25) is 4.79 Å². The van der Waals surface area contributed by atoms with Gasteiger partial charge in [0.15, 0.2) is 0 Å². The minimum absolute atomic E-state index is 0.165. The lowest BCUT2D eigenvalue weighted by Crippen LogP contribution is -2.56. The zero-order valence-corrected chi connectivity index (χ0v) is 12.4. The van der Waals surface area contributed by atoms with E-state index in [9.17, 15) is 4.79 Å². The second-order valence-corrected chi connectivity index (χ2v) is 7.45. The normalized spacial score (nSPS) is 36.7.